The smallest absolute Gasteiger partial charge is 0.246 e. The molecule has 5 nitrogen and oxygen atoms in total. The van der Waals surface area contributed by atoms with Crippen LogP contribution in [0.5, 0.6) is 0 Å². The summed E-state index contributed by atoms with van der Waals surface area (Å²) in [5.41, 5.74) is 1.16. The number of nitrogens with zero attached hydrogens (tertiary/aromatic N) is 2. The van der Waals surface area contributed by atoms with Gasteiger partial charge < -0.3 is 10.2 Å². The Balaban J connectivity index is 1.97. The first kappa shape index (κ1) is 14.0. The predicted molar refractivity (Wildman–Crippen MR) is 78.3 cm³/mol. The quantitative estimate of drug-likeness (QED) is 0.914. The fraction of sp³-hybridized carbons (Fsp3) is 0.562. The zero-order chi connectivity index (χ0) is 15.2. The van der Waals surface area contributed by atoms with E-state index in [0.29, 0.717) is 6.54 Å². The van der Waals surface area contributed by atoms with Gasteiger partial charge in [-0.3, -0.25) is 14.6 Å². The summed E-state index contributed by atoms with van der Waals surface area (Å²) in [5, 5.41) is 2.82. The fourth-order valence-corrected chi connectivity index (χ4v) is 3.12. The predicted octanol–water partition coefficient (Wildman–Crippen LogP) is 1.41. The Bertz CT molecular complexity index is 597. The van der Waals surface area contributed by atoms with Crippen LogP contribution in [0.4, 0.5) is 0 Å². The molecule has 0 aromatic carbocycles. The molecule has 1 aliphatic carbocycles. The summed E-state index contributed by atoms with van der Waals surface area (Å²) in [7, 11) is 0. The molecule has 1 saturated carbocycles. The molecule has 2 unspecified atom stereocenters. The van der Waals surface area contributed by atoms with E-state index in [0.717, 1.165) is 24.1 Å². The molecule has 1 aromatic heterocycles. The van der Waals surface area contributed by atoms with Gasteiger partial charge in [-0.1, -0.05) is 6.07 Å². The number of piperazine rings is 1. The van der Waals surface area contributed by atoms with Crippen molar-refractivity contribution >= 4 is 11.8 Å². The normalized spacial score (nSPS) is 29.5. The van der Waals surface area contributed by atoms with Gasteiger partial charge in [0.2, 0.25) is 11.8 Å². The van der Waals surface area contributed by atoms with E-state index in [9.17, 15) is 9.59 Å². The third-order valence-corrected chi connectivity index (χ3v) is 4.80. The first-order valence-electron chi connectivity index (χ1n) is 7.47. The monoisotopic (exact) mass is 287 g/mol. The van der Waals surface area contributed by atoms with Crippen LogP contribution in [-0.2, 0) is 16.1 Å². The lowest BCUT2D eigenvalue weighted by molar-refractivity contribution is -0.158. The van der Waals surface area contributed by atoms with Crippen LogP contribution in [0.1, 0.15) is 37.9 Å². The first-order valence-corrected chi connectivity index (χ1v) is 7.47. The van der Waals surface area contributed by atoms with E-state index in [2.05, 4.69) is 10.3 Å². The number of aryl methyl sites for hydroxylation is 1. The van der Waals surface area contributed by atoms with Gasteiger partial charge in [0.1, 0.15) is 11.6 Å². The summed E-state index contributed by atoms with van der Waals surface area (Å²) in [5.74, 6) is 0.206. The SMILES string of the molecule is Cc1cccnc1CN1C(=O)C(C)NC(=O)C1(C)C1CC1. The van der Waals surface area contributed by atoms with Crippen molar-refractivity contribution < 1.29 is 9.59 Å². The van der Waals surface area contributed by atoms with E-state index >= 15 is 0 Å². The highest BCUT2D eigenvalue weighted by atomic mass is 16.2. The zero-order valence-corrected chi connectivity index (χ0v) is 12.7. The summed E-state index contributed by atoms with van der Waals surface area (Å²) in [6, 6.07) is 3.40. The largest absolute Gasteiger partial charge is 0.343 e. The van der Waals surface area contributed by atoms with E-state index in [4.69, 9.17) is 0 Å². The molecule has 0 bridgehead atoms. The third kappa shape index (κ3) is 2.20. The Morgan fingerprint density at radius 2 is 2.14 bits per heavy atom. The molecule has 2 atom stereocenters. The van der Waals surface area contributed by atoms with Gasteiger partial charge in [-0.25, -0.2) is 0 Å². The van der Waals surface area contributed by atoms with Crippen molar-refractivity contribution in [2.75, 3.05) is 0 Å². The summed E-state index contributed by atoms with van der Waals surface area (Å²) >= 11 is 0. The Kier molecular flexibility index (Phi) is 3.23. The second kappa shape index (κ2) is 4.83. The lowest BCUT2D eigenvalue weighted by Crippen LogP contribution is -2.69. The molecule has 2 fully saturated rings. The van der Waals surface area contributed by atoms with E-state index in [1.807, 2.05) is 26.0 Å². The molecule has 2 amide bonds. The number of carbonyl (C=O) groups excluding carboxylic acids is 2. The van der Waals surface area contributed by atoms with E-state index < -0.39 is 11.6 Å². The van der Waals surface area contributed by atoms with Crippen LogP contribution in [0, 0.1) is 12.8 Å². The molecule has 112 valence electrons. The number of aromatic nitrogens is 1. The topological polar surface area (TPSA) is 62.3 Å². The fourth-order valence-electron chi connectivity index (χ4n) is 3.12. The minimum Gasteiger partial charge on any atom is -0.343 e. The van der Waals surface area contributed by atoms with Gasteiger partial charge in [0.05, 0.1) is 12.2 Å². The van der Waals surface area contributed by atoms with Crippen molar-refractivity contribution in [2.45, 2.75) is 51.7 Å². The second-order valence-corrected chi connectivity index (χ2v) is 6.31. The van der Waals surface area contributed by atoms with Crippen LogP contribution in [0.25, 0.3) is 0 Å². The minimum absolute atomic E-state index is 0.0194. The van der Waals surface area contributed by atoms with Crippen LogP contribution in [0.2, 0.25) is 0 Å². The van der Waals surface area contributed by atoms with Gasteiger partial charge in [0, 0.05) is 6.20 Å². The van der Waals surface area contributed by atoms with Crippen molar-refractivity contribution in [1.29, 1.82) is 0 Å². The van der Waals surface area contributed by atoms with Gasteiger partial charge in [0.15, 0.2) is 0 Å². The highest BCUT2D eigenvalue weighted by Crippen LogP contribution is 2.45. The van der Waals surface area contributed by atoms with Crippen molar-refractivity contribution in [3.05, 3.63) is 29.6 Å². The molecule has 5 heteroatoms. The Hall–Kier alpha value is -1.91. The number of nitrogens with one attached hydrogen (secondary N) is 1. The van der Waals surface area contributed by atoms with Crippen LogP contribution in [0.15, 0.2) is 18.3 Å². The lowest BCUT2D eigenvalue weighted by atomic mass is 9.88. The molecule has 0 radical (unpaired) electrons. The molecular weight excluding hydrogens is 266 g/mol. The molecular formula is C16H21N3O2. The number of rotatable bonds is 3. The van der Waals surface area contributed by atoms with Crippen LogP contribution in [-0.4, -0.2) is 33.3 Å². The van der Waals surface area contributed by atoms with Crippen molar-refractivity contribution in [3.63, 3.8) is 0 Å². The van der Waals surface area contributed by atoms with Gasteiger partial charge in [-0.05, 0) is 51.2 Å². The molecule has 1 N–H and O–H groups in total. The molecule has 1 aliphatic heterocycles. The maximum atomic E-state index is 12.6. The maximum Gasteiger partial charge on any atom is 0.246 e. The van der Waals surface area contributed by atoms with Gasteiger partial charge in [-0.2, -0.15) is 0 Å². The molecule has 2 aliphatic rings. The third-order valence-electron chi connectivity index (χ3n) is 4.80. The highest BCUT2D eigenvalue weighted by molar-refractivity contribution is 5.99. The molecule has 2 heterocycles. The molecule has 1 saturated heterocycles. The maximum absolute atomic E-state index is 12.6. The van der Waals surface area contributed by atoms with Gasteiger partial charge in [0.25, 0.3) is 0 Å². The minimum atomic E-state index is -0.743. The number of pyridine rings is 1. The number of amides is 2. The van der Waals surface area contributed by atoms with Crippen molar-refractivity contribution in [2.24, 2.45) is 5.92 Å². The second-order valence-electron chi connectivity index (χ2n) is 6.31. The summed E-state index contributed by atoms with van der Waals surface area (Å²) in [6.45, 7) is 6.01. The molecule has 0 spiro atoms. The summed E-state index contributed by atoms with van der Waals surface area (Å²) in [6.07, 6.45) is 3.74. The van der Waals surface area contributed by atoms with Gasteiger partial charge in [-0.15, -0.1) is 0 Å². The Morgan fingerprint density at radius 3 is 2.76 bits per heavy atom. The molecule has 21 heavy (non-hydrogen) atoms. The zero-order valence-electron chi connectivity index (χ0n) is 12.7. The summed E-state index contributed by atoms with van der Waals surface area (Å²) in [4.78, 5) is 31.2. The van der Waals surface area contributed by atoms with E-state index in [-0.39, 0.29) is 17.7 Å². The van der Waals surface area contributed by atoms with E-state index in [1.54, 1.807) is 18.0 Å². The average Bonchev–Trinajstić information content (AvgIpc) is 3.28. The first-order chi connectivity index (χ1) is 9.94. The summed E-state index contributed by atoms with van der Waals surface area (Å²) < 4.78 is 0. The van der Waals surface area contributed by atoms with E-state index in [1.165, 1.54) is 0 Å². The number of hydrogen-bond donors (Lipinski definition) is 1. The van der Waals surface area contributed by atoms with Crippen molar-refractivity contribution in [1.82, 2.24) is 15.2 Å². The Labute approximate surface area is 124 Å². The average molecular weight is 287 g/mol. The number of hydrogen-bond acceptors (Lipinski definition) is 3. The lowest BCUT2D eigenvalue weighted by Gasteiger charge is -2.46. The van der Waals surface area contributed by atoms with Gasteiger partial charge >= 0.3 is 0 Å². The van der Waals surface area contributed by atoms with Crippen LogP contribution < -0.4 is 5.32 Å². The highest BCUT2D eigenvalue weighted by Gasteiger charge is 2.56. The van der Waals surface area contributed by atoms with Crippen molar-refractivity contribution in [3.8, 4) is 0 Å². The molecule has 3 rings (SSSR count). The number of carbonyl (C=O) groups is 2. The standard InChI is InChI=1S/C16H21N3O2/c1-10-5-4-8-17-13(10)9-19-14(20)11(2)18-15(21)16(19,3)12-6-7-12/h4-5,8,11-12H,6-7,9H2,1-3H3,(H,18,21). The van der Waals surface area contributed by atoms with Crippen LogP contribution >= 0.6 is 0 Å². The van der Waals surface area contributed by atoms with Crippen LogP contribution in [0.3, 0.4) is 0 Å². The molecule has 1 aromatic rings. The Morgan fingerprint density at radius 1 is 1.43 bits per heavy atom.